The number of carbonyl (C=O) groups is 2. The minimum atomic E-state index is 0.0705. The molecule has 1 fully saturated rings. The van der Waals surface area contributed by atoms with E-state index in [2.05, 4.69) is 15.9 Å². The lowest BCUT2D eigenvalue weighted by atomic mass is 10.1. The third-order valence-corrected chi connectivity index (χ3v) is 4.27. The molecule has 0 bridgehead atoms. The summed E-state index contributed by atoms with van der Waals surface area (Å²) in [6, 6.07) is 5.65. The molecule has 2 amide bonds. The van der Waals surface area contributed by atoms with Gasteiger partial charge >= 0.3 is 0 Å². The van der Waals surface area contributed by atoms with Gasteiger partial charge in [-0.15, -0.1) is 0 Å². The minimum absolute atomic E-state index is 0.0705. The molecule has 1 aromatic rings. The molecule has 0 radical (unpaired) electrons. The molecule has 114 valence electrons. The third kappa shape index (κ3) is 3.97. The number of nitrogens with zero attached hydrogens (tertiary/aromatic N) is 2. The summed E-state index contributed by atoms with van der Waals surface area (Å²) in [6.07, 6.45) is 0.364. The molecule has 0 unspecified atom stereocenters. The summed E-state index contributed by atoms with van der Waals surface area (Å²) in [5.74, 6) is 0.915. The Balaban J connectivity index is 1.93. The Kier molecular flexibility index (Phi) is 5.22. The lowest BCUT2D eigenvalue weighted by Crippen LogP contribution is -2.50. The van der Waals surface area contributed by atoms with Crippen molar-refractivity contribution in [2.75, 3.05) is 33.3 Å². The van der Waals surface area contributed by atoms with E-state index in [1.54, 1.807) is 18.9 Å². The molecule has 5 nitrogen and oxygen atoms in total. The number of hydrogen-bond donors (Lipinski definition) is 0. The second-order valence-electron chi connectivity index (χ2n) is 5.03. The van der Waals surface area contributed by atoms with Crippen molar-refractivity contribution in [2.24, 2.45) is 0 Å². The van der Waals surface area contributed by atoms with E-state index in [0.29, 0.717) is 32.6 Å². The van der Waals surface area contributed by atoms with Crippen LogP contribution in [0.3, 0.4) is 0 Å². The van der Waals surface area contributed by atoms with Crippen molar-refractivity contribution in [1.82, 2.24) is 9.80 Å². The summed E-state index contributed by atoms with van der Waals surface area (Å²) in [7, 11) is 1.61. The van der Waals surface area contributed by atoms with Crippen LogP contribution in [0.5, 0.6) is 5.75 Å². The van der Waals surface area contributed by atoms with E-state index in [1.165, 1.54) is 0 Å². The molecule has 1 aliphatic rings. The molecular weight excluding hydrogens is 336 g/mol. The molecule has 21 heavy (non-hydrogen) atoms. The number of ether oxygens (including phenoxy) is 1. The van der Waals surface area contributed by atoms with Gasteiger partial charge in [0.2, 0.25) is 11.8 Å². The Bertz CT molecular complexity index is 540. The molecule has 1 saturated heterocycles. The minimum Gasteiger partial charge on any atom is -0.496 e. The SMILES string of the molecule is COc1ccc(CC(=O)N2CCN(C(C)=O)CC2)cc1Br. The fourth-order valence-corrected chi connectivity index (χ4v) is 2.97. The number of benzene rings is 1. The number of methoxy groups -OCH3 is 1. The van der Waals surface area contributed by atoms with Gasteiger partial charge < -0.3 is 14.5 Å². The highest BCUT2D eigenvalue weighted by Crippen LogP contribution is 2.25. The molecular formula is C15H19BrN2O3. The van der Waals surface area contributed by atoms with Crippen LogP contribution < -0.4 is 4.74 Å². The maximum atomic E-state index is 12.3. The molecule has 1 aromatic carbocycles. The van der Waals surface area contributed by atoms with E-state index in [4.69, 9.17) is 4.74 Å². The average Bonchev–Trinajstić information content (AvgIpc) is 2.47. The molecule has 6 heteroatoms. The fourth-order valence-electron chi connectivity index (χ4n) is 2.38. The fraction of sp³-hybridized carbons (Fsp3) is 0.467. The van der Waals surface area contributed by atoms with E-state index in [0.717, 1.165) is 15.8 Å². The van der Waals surface area contributed by atoms with Crippen LogP contribution in [0.2, 0.25) is 0 Å². The van der Waals surface area contributed by atoms with Crippen LogP contribution in [-0.2, 0) is 16.0 Å². The largest absolute Gasteiger partial charge is 0.496 e. The summed E-state index contributed by atoms with van der Waals surface area (Å²) < 4.78 is 6.02. The van der Waals surface area contributed by atoms with Gasteiger partial charge in [0.1, 0.15) is 5.75 Å². The van der Waals surface area contributed by atoms with E-state index in [9.17, 15) is 9.59 Å². The van der Waals surface area contributed by atoms with E-state index < -0.39 is 0 Å². The van der Waals surface area contributed by atoms with Crippen molar-refractivity contribution in [3.05, 3.63) is 28.2 Å². The first-order valence-corrected chi connectivity index (χ1v) is 7.66. The highest BCUT2D eigenvalue weighted by Gasteiger charge is 2.22. The van der Waals surface area contributed by atoms with Gasteiger partial charge in [0.05, 0.1) is 18.0 Å². The second-order valence-corrected chi connectivity index (χ2v) is 5.89. The quantitative estimate of drug-likeness (QED) is 0.829. The molecule has 0 aliphatic carbocycles. The predicted molar refractivity (Wildman–Crippen MR) is 83.2 cm³/mol. The van der Waals surface area contributed by atoms with Crippen molar-refractivity contribution < 1.29 is 14.3 Å². The van der Waals surface area contributed by atoms with Crippen molar-refractivity contribution in [2.45, 2.75) is 13.3 Å². The molecule has 0 atom stereocenters. The van der Waals surface area contributed by atoms with Crippen LogP contribution >= 0.6 is 15.9 Å². The lowest BCUT2D eigenvalue weighted by molar-refractivity contribution is -0.138. The highest BCUT2D eigenvalue weighted by atomic mass is 79.9. The first kappa shape index (κ1) is 15.8. The van der Waals surface area contributed by atoms with Crippen LogP contribution in [0.25, 0.3) is 0 Å². The van der Waals surface area contributed by atoms with Crippen molar-refractivity contribution in [1.29, 1.82) is 0 Å². The van der Waals surface area contributed by atoms with E-state index in [1.807, 2.05) is 23.1 Å². The van der Waals surface area contributed by atoms with Gasteiger partial charge in [-0.2, -0.15) is 0 Å². The zero-order valence-electron chi connectivity index (χ0n) is 12.3. The predicted octanol–water partition coefficient (Wildman–Crippen LogP) is 1.69. The number of carbonyl (C=O) groups excluding carboxylic acids is 2. The zero-order valence-corrected chi connectivity index (χ0v) is 13.9. The first-order valence-electron chi connectivity index (χ1n) is 6.87. The van der Waals surface area contributed by atoms with Gasteiger partial charge in [-0.05, 0) is 33.6 Å². The molecule has 1 heterocycles. The third-order valence-electron chi connectivity index (χ3n) is 3.65. The maximum Gasteiger partial charge on any atom is 0.227 e. The van der Waals surface area contributed by atoms with Crippen molar-refractivity contribution in [3.63, 3.8) is 0 Å². The van der Waals surface area contributed by atoms with Crippen LogP contribution in [0, 0.1) is 0 Å². The molecule has 1 aliphatic heterocycles. The summed E-state index contributed by atoms with van der Waals surface area (Å²) in [4.78, 5) is 27.1. The standard InChI is InChI=1S/C15H19BrN2O3/c1-11(19)17-5-7-18(8-6-17)15(20)10-12-3-4-14(21-2)13(16)9-12/h3-4,9H,5-8,10H2,1-2H3. The van der Waals surface area contributed by atoms with Gasteiger partial charge in [0.15, 0.2) is 0 Å². The van der Waals surface area contributed by atoms with Crippen LogP contribution in [-0.4, -0.2) is 54.9 Å². The summed E-state index contributed by atoms with van der Waals surface area (Å²) in [5.41, 5.74) is 0.946. The first-order chi connectivity index (χ1) is 10.0. The zero-order chi connectivity index (χ0) is 15.4. The maximum absolute atomic E-state index is 12.3. The summed E-state index contributed by atoms with van der Waals surface area (Å²) >= 11 is 3.42. The Morgan fingerprint density at radius 3 is 2.33 bits per heavy atom. The number of amides is 2. The van der Waals surface area contributed by atoms with E-state index in [-0.39, 0.29) is 11.8 Å². The molecule has 0 aromatic heterocycles. The van der Waals surface area contributed by atoms with E-state index >= 15 is 0 Å². The number of rotatable bonds is 3. The Hall–Kier alpha value is -1.56. The lowest BCUT2D eigenvalue weighted by Gasteiger charge is -2.34. The Morgan fingerprint density at radius 1 is 1.19 bits per heavy atom. The van der Waals surface area contributed by atoms with Crippen LogP contribution in [0.1, 0.15) is 12.5 Å². The van der Waals surface area contributed by atoms with Crippen molar-refractivity contribution >= 4 is 27.7 Å². The highest BCUT2D eigenvalue weighted by molar-refractivity contribution is 9.10. The molecule has 0 spiro atoms. The summed E-state index contributed by atoms with van der Waals surface area (Å²) in [6.45, 7) is 4.01. The Morgan fingerprint density at radius 2 is 1.81 bits per heavy atom. The molecule has 0 saturated carbocycles. The van der Waals surface area contributed by atoms with Gasteiger partial charge in [-0.1, -0.05) is 6.07 Å². The number of piperazine rings is 1. The second kappa shape index (κ2) is 6.93. The summed E-state index contributed by atoms with van der Waals surface area (Å²) in [5, 5.41) is 0. The Labute approximate surface area is 133 Å². The van der Waals surface area contributed by atoms with Gasteiger partial charge in [0.25, 0.3) is 0 Å². The monoisotopic (exact) mass is 354 g/mol. The molecule has 2 rings (SSSR count). The smallest absolute Gasteiger partial charge is 0.227 e. The van der Waals surface area contributed by atoms with Crippen molar-refractivity contribution in [3.8, 4) is 5.75 Å². The van der Waals surface area contributed by atoms with Crippen LogP contribution in [0.15, 0.2) is 22.7 Å². The van der Waals surface area contributed by atoms with Crippen LogP contribution in [0.4, 0.5) is 0 Å². The van der Waals surface area contributed by atoms with Gasteiger partial charge in [-0.3, -0.25) is 9.59 Å². The molecule has 0 N–H and O–H groups in total. The topological polar surface area (TPSA) is 49.9 Å². The number of hydrogen-bond acceptors (Lipinski definition) is 3. The normalized spacial score (nSPS) is 15.0. The van der Waals surface area contributed by atoms with Gasteiger partial charge in [-0.25, -0.2) is 0 Å². The number of halogens is 1. The average molecular weight is 355 g/mol. The van der Waals surface area contributed by atoms with Gasteiger partial charge in [0, 0.05) is 33.1 Å².